The van der Waals surface area contributed by atoms with E-state index in [1.165, 1.54) is 4.57 Å². The summed E-state index contributed by atoms with van der Waals surface area (Å²) in [5.41, 5.74) is 1.41. The van der Waals surface area contributed by atoms with Gasteiger partial charge in [0.2, 0.25) is 11.8 Å². The molecular formula is C24H35N5O5. The van der Waals surface area contributed by atoms with Gasteiger partial charge in [-0.05, 0) is 39.3 Å². The van der Waals surface area contributed by atoms with E-state index in [1.807, 2.05) is 52.8 Å². The number of imidazole rings is 1. The summed E-state index contributed by atoms with van der Waals surface area (Å²) in [5.74, 6) is -0.768. The molecule has 10 heteroatoms. The number of nitrogens with one attached hydrogen (secondary N) is 1. The van der Waals surface area contributed by atoms with Crippen LogP contribution in [0.15, 0.2) is 23.0 Å². The monoisotopic (exact) mass is 473 g/mol. The Morgan fingerprint density at radius 1 is 1.06 bits per heavy atom. The smallest absolute Gasteiger partial charge is 0.410 e. The molecule has 0 spiro atoms. The molecule has 2 fully saturated rings. The van der Waals surface area contributed by atoms with Gasteiger partial charge in [0.25, 0.3) is 0 Å². The number of ether oxygens (including phenoxy) is 1. The Kier molecular flexibility index (Phi) is 7.38. The zero-order chi connectivity index (χ0) is 25.2. The Labute approximate surface area is 199 Å². The van der Waals surface area contributed by atoms with E-state index in [1.54, 1.807) is 16.5 Å². The zero-order valence-corrected chi connectivity index (χ0v) is 20.9. The minimum absolute atomic E-state index is 0.200. The van der Waals surface area contributed by atoms with Crippen molar-refractivity contribution in [3.63, 3.8) is 0 Å². The molecule has 1 unspecified atom stereocenters. The minimum atomic E-state index is -0.719. The van der Waals surface area contributed by atoms with E-state index >= 15 is 0 Å². The van der Waals surface area contributed by atoms with Crippen molar-refractivity contribution in [3.05, 3.63) is 28.7 Å². The topological polar surface area (TPSA) is 106 Å². The van der Waals surface area contributed by atoms with Crippen molar-refractivity contribution in [3.8, 4) is 0 Å². The third-order valence-corrected chi connectivity index (χ3v) is 5.88. The number of hydrogen-bond acceptors (Lipinski definition) is 6. The summed E-state index contributed by atoms with van der Waals surface area (Å²) in [6.07, 6.45) is 0.167. The first-order valence-corrected chi connectivity index (χ1v) is 11.8. The molecule has 4 rings (SSSR count). The molecule has 1 aromatic carbocycles. The van der Waals surface area contributed by atoms with E-state index in [4.69, 9.17) is 4.74 Å². The fourth-order valence-corrected chi connectivity index (χ4v) is 4.36. The van der Waals surface area contributed by atoms with Crippen LogP contribution in [0.1, 0.15) is 53.5 Å². The van der Waals surface area contributed by atoms with Gasteiger partial charge in [0, 0.05) is 39.6 Å². The van der Waals surface area contributed by atoms with Crippen molar-refractivity contribution in [1.82, 2.24) is 19.4 Å². The average Bonchev–Trinajstić information content (AvgIpc) is 3.05. The van der Waals surface area contributed by atoms with E-state index in [9.17, 15) is 19.2 Å². The van der Waals surface area contributed by atoms with Crippen LogP contribution in [0.3, 0.4) is 0 Å². The number of aromatic nitrogens is 2. The second-order valence-corrected chi connectivity index (χ2v) is 9.28. The number of benzene rings is 1. The van der Waals surface area contributed by atoms with Gasteiger partial charge in [0.15, 0.2) is 0 Å². The third kappa shape index (κ3) is 4.95. The maximum absolute atomic E-state index is 13.1. The molecule has 1 N–H and O–H groups in total. The number of carbonyl (C=O) groups is 3. The molecule has 0 aliphatic carbocycles. The third-order valence-electron chi connectivity index (χ3n) is 5.88. The van der Waals surface area contributed by atoms with Crippen LogP contribution in [0.5, 0.6) is 0 Å². The summed E-state index contributed by atoms with van der Waals surface area (Å²) >= 11 is 0. The average molecular weight is 474 g/mol. The largest absolute Gasteiger partial charge is 0.444 e. The molecule has 0 bridgehead atoms. The highest BCUT2D eigenvalue weighted by Crippen LogP contribution is 2.30. The molecule has 1 atom stereocenters. The van der Waals surface area contributed by atoms with Gasteiger partial charge in [-0.15, -0.1) is 0 Å². The highest BCUT2D eigenvalue weighted by molar-refractivity contribution is 6.00. The van der Waals surface area contributed by atoms with Crippen molar-refractivity contribution in [1.29, 1.82) is 0 Å². The highest BCUT2D eigenvalue weighted by atomic mass is 16.6. The molecule has 2 aromatic rings. The van der Waals surface area contributed by atoms with Crippen LogP contribution in [0.2, 0.25) is 0 Å². The maximum Gasteiger partial charge on any atom is 0.410 e. The number of fused-ring (bicyclic) bond motifs is 1. The van der Waals surface area contributed by atoms with E-state index in [0.717, 1.165) is 11.2 Å². The number of para-hydroxylation sites is 1. The summed E-state index contributed by atoms with van der Waals surface area (Å²) < 4.78 is 8.50. The van der Waals surface area contributed by atoms with Gasteiger partial charge in [-0.3, -0.25) is 24.0 Å². The predicted octanol–water partition coefficient (Wildman–Crippen LogP) is 2.40. The van der Waals surface area contributed by atoms with Crippen molar-refractivity contribution in [2.24, 2.45) is 7.05 Å². The molecule has 10 nitrogen and oxygen atoms in total. The molecule has 2 aliphatic heterocycles. The van der Waals surface area contributed by atoms with Crippen LogP contribution in [0, 0.1) is 0 Å². The molecule has 0 radical (unpaired) electrons. The fourth-order valence-electron chi connectivity index (χ4n) is 4.36. The van der Waals surface area contributed by atoms with Crippen molar-refractivity contribution >= 4 is 34.6 Å². The minimum Gasteiger partial charge on any atom is -0.444 e. The molecular weight excluding hydrogens is 438 g/mol. The van der Waals surface area contributed by atoms with E-state index in [0.29, 0.717) is 38.1 Å². The standard InChI is InChI=1S/C22H29N5O5.C2H6/c1-22(2,3)32-21(31)26-12-10-25(11-13-26)14-6-5-7-15-18(14)24(4)20(30)27(15)16-8-9-17(28)23-19(16)29;1-2/h5-7,16H,8-13H2,1-4H3,(H,23,28,29);1-2H3. The molecule has 1 aromatic heterocycles. The number of hydrogen-bond donors (Lipinski definition) is 1. The second-order valence-electron chi connectivity index (χ2n) is 9.28. The van der Waals surface area contributed by atoms with Gasteiger partial charge in [0.05, 0.1) is 16.7 Å². The molecule has 0 saturated carbocycles. The molecule has 3 amide bonds. The summed E-state index contributed by atoms with van der Waals surface area (Å²) in [5, 5.41) is 2.33. The lowest BCUT2D eigenvalue weighted by atomic mass is 10.1. The van der Waals surface area contributed by atoms with Crippen LogP contribution in [-0.4, -0.2) is 63.7 Å². The number of imide groups is 1. The first kappa shape index (κ1) is 25.3. The Balaban J connectivity index is 0.00000158. The van der Waals surface area contributed by atoms with Gasteiger partial charge >= 0.3 is 11.8 Å². The first-order chi connectivity index (χ1) is 16.1. The Hall–Kier alpha value is -3.30. The predicted molar refractivity (Wildman–Crippen MR) is 130 cm³/mol. The van der Waals surface area contributed by atoms with Gasteiger partial charge in [-0.25, -0.2) is 9.59 Å². The molecule has 186 valence electrons. The number of aryl methyl sites for hydroxylation is 1. The van der Waals surface area contributed by atoms with Crippen molar-refractivity contribution in [2.45, 2.75) is 59.1 Å². The number of carbonyl (C=O) groups excluding carboxylic acids is 3. The van der Waals surface area contributed by atoms with E-state index in [2.05, 4.69) is 10.2 Å². The molecule has 2 aliphatic rings. The Morgan fingerprint density at radius 3 is 2.29 bits per heavy atom. The van der Waals surface area contributed by atoms with Gasteiger partial charge < -0.3 is 14.5 Å². The maximum atomic E-state index is 13.1. The van der Waals surface area contributed by atoms with Crippen LogP contribution in [0.4, 0.5) is 10.5 Å². The Bertz CT molecular complexity index is 1140. The van der Waals surface area contributed by atoms with E-state index in [-0.39, 0.29) is 24.1 Å². The lowest BCUT2D eigenvalue weighted by Crippen LogP contribution is -2.50. The van der Waals surface area contributed by atoms with Crippen molar-refractivity contribution < 1.29 is 19.1 Å². The van der Waals surface area contributed by atoms with E-state index < -0.39 is 17.6 Å². The van der Waals surface area contributed by atoms with Gasteiger partial charge in [0.1, 0.15) is 11.6 Å². The summed E-state index contributed by atoms with van der Waals surface area (Å²) in [4.78, 5) is 53.3. The van der Waals surface area contributed by atoms with Crippen molar-refractivity contribution in [2.75, 3.05) is 31.1 Å². The molecule has 2 saturated heterocycles. The molecule has 3 heterocycles. The number of piperidine rings is 1. The lowest BCUT2D eigenvalue weighted by Gasteiger charge is -2.37. The number of anilines is 1. The van der Waals surface area contributed by atoms with Crippen LogP contribution >= 0.6 is 0 Å². The number of amides is 3. The number of piperazine rings is 1. The van der Waals surface area contributed by atoms with Crippen LogP contribution in [-0.2, 0) is 21.4 Å². The fraction of sp³-hybridized carbons (Fsp3) is 0.583. The number of nitrogens with zero attached hydrogens (tertiary/aromatic N) is 4. The normalized spacial score (nSPS) is 18.9. The van der Waals surface area contributed by atoms with Crippen LogP contribution < -0.4 is 15.9 Å². The summed E-state index contributed by atoms with van der Waals surface area (Å²) in [6, 6.07) is 4.91. The van der Waals surface area contributed by atoms with Gasteiger partial charge in [-0.2, -0.15) is 0 Å². The first-order valence-electron chi connectivity index (χ1n) is 11.8. The zero-order valence-electron chi connectivity index (χ0n) is 20.9. The second kappa shape index (κ2) is 9.90. The highest BCUT2D eigenvalue weighted by Gasteiger charge is 2.32. The number of rotatable bonds is 2. The lowest BCUT2D eigenvalue weighted by molar-refractivity contribution is -0.135. The van der Waals surface area contributed by atoms with Crippen LogP contribution in [0.25, 0.3) is 11.0 Å². The quantitative estimate of drug-likeness (QED) is 0.672. The molecule has 34 heavy (non-hydrogen) atoms. The Morgan fingerprint density at radius 2 is 1.71 bits per heavy atom. The SMILES string of the molecule is CC.Cn1c(=O)n(C2CCC(=O)NC2=O)c2cccc(N3CCN(C(=O)OC(C)(C)C)CC3)c21. The summed E-state index contributed by atoms with van der Waals surface area (Å²) in [7, 11) is 1.69. The summed E-state index contributed by atoms with van der Waals surface area (Å²) in [6.45, 7) is 11.7. The van der Waals surface area contributed by atoms with Gasteiger partial charge in [-0.1, -0.05) is 19.9 Å².